The largest absolute Gasteiger partial charge is 0.362 e. The molecular weight excluding hydrogens is 216 g/mol. The maximum Gasteiger partial charge on any atom is 0.183 e. The molecular formula is C13H12N2S. The van der Waals surface area contributed by atoms with Crippen molar-refractivity contribution in [2.75, 3.05) is 11.9 Å². The first kappa shape index (κ1) is 9.60. The van der Waals surface area contributed by atoms with E-state index in [-0.39, 0.29) is 0 Å². The molecule has 2 nitrogen and oxygen atoms in total. The Morgan fingerprint density at radius 1 is 1.19 bits per heavy atom. The van der Waals surface area contributed by atoms with Crippen LogP contribution in [0.15, 0.2) is 36.4 Å². The minimum Gasteiger partial charge on any atom is -0.362 e. The molecule has 0 aliphatic heterocycles. The summed E-state index contributed by atoms with van der Waals surface area (Å²) in [5, 5.41) is 6.77. The maximum atomic E-state index is 4.64. The van der Waals surface area contributed by atoms with Crippen molar-refractivity contribution in [3.05, 3.63) is 36.4 Å². The molecule has 0 aliphatic rings. The zero-order chi connectivity index (χ0) is 11.0. The quantitative estimate of drug-likeness (QED) is 0.720. The Morgan fingerprint density at radius 3 is 2.94 bits per heavy atom. The number of thiazole rings is 1. The smallest absolute Gasteiger partial charge is 0.183 e. The number of hydrogen-bond donors (Lipinski definition) is 1. The zero-order valence-corrected chi connectivity index (χ0v) is 9.84. The molecule has 3 heteroatoms. The summed E-state index contributed by atoms with van der Waals surface area (Å²) < 4.78 is 1.25. The molecule has 16 heavy (non-hydrogen) atoms. The van der Waals surface area contributed by atoms with E-state index in [0.717, 1.165) is 17.2 Å². The third-order valence-electron chi connectivity index (χ3n) is 2.61. The number of rotatable bonds is 2. The normalized spacial score (nSPS) is 11.1. The molecule has 2 aromatic carbocycles. The molecule has 1 N–H and O–H groups in total. The van der Waals surface area contributed by atoms with Crippen LogP contribution >= 0.6 is 11.3 Å². The van der Waals surface area contributed by atoms with Gasteiger partial charge in [-0.25, -0.2) is 4.98 Å². The van der Waals surface area contributed by atoms with E-state index in [0.29, 0.717) is 0 Å². The molecule has 0 unspecified atom stereocenters. The van der Waals surface area contributed by atoms with Gasteiger partial charge in [0.2, 0.25) is 0 Å². The van der Waals surface area contributed by atoms with Gasteiger partial charge < -0.3 is 5.32 Å². The van der Waals surface area contributed by atoms with Crippen molar-refractivity contribution < 1.29 is 0 Å². The zero-order valence-electron chi connectivity index (χ0n) is 9.03. The molecule has 0 atom stereocenters. The molecule has 0 bridgehead atoms. The van der Waals surface area contributed by atoms with Gasteiger partial charge in [-0.15, -0.1) is 0 Å². The lowest BCUT2D eigenvalue weighted by Crippen LogP contribution is -1.94. The minimum absolute atomic E-state index is 0.914. The number of anilines is 1. The molecule has 1 heterocycles. The standard InChI is InChI=1S/C13H12N2S/c1-2-14-13-15-12-10-6-4-3-5-9(10)7-8-11(12)16-13/h3-8H,2H2,1H3,(H,14,15). The van der Waals surface area contributed by atoms with E-state index in [4.69, 9.17) is 0 Å². The number of hydrogen-bond acceptors (Lipinski definition) is 3. The summed E-state index contributed by atoms with van der Waals surface area (Å²) in [5.41, 5.74) is 1.11. The molecule has 3 aromatic rings. The predicted octanol–water partition coefficient (Wildman–Crippen LogP) is 3.88. The molecule has 0 fully saturated rings. The topological polar surface area (TPSA) is 24.9 Å². The lowest BCUT2D eigenvalue weighted by molar-refractivity contribution is 1.20. The fourth-order valence-electron chi connectivity index (χ4n) is 1.89. The van der Waals surface area contributed by atoms with E-state index < -0.39 is 0 Å². The Labute approximate surface area is 97.9 Å². The average molecular weight is 228 g/mol. The monoisotopic (exact) mass is 228 g/mol. The number of benzene rings is 2. The number of nitrogens with one attached hydrogen (secondary N) is 1. The van der Waals surface area contributed by atoms with Gasteiger partial charge in [-0.3, -0.25) is 0 Å². The lowest BCUT2D eigenvalue weighted by Gasteiger charge is -1.96. The second-order valence-corrected chi connectivity index (χ2v) is 4.71. The van der Waals surface area contributed by atoms with Gasteiger partial charge in [0.1, 0.15) is 0 Å². The van der Waals surface area contributed by atoms with Gasteiger partial charge in [0.25, 0.3) is 0 Å². The van der Waals surface area contributed by atoms with Crippen molar-refractivity contribution in [3.8, 4) is 0 Å². The van der Waals surface area contributed by atoms with Crippen molar-refractivity contribution >= 4 is 37.5 Å². The Bertz CT molecular complexity index is 643. The van der Waals surface area contributed by atoms with E-state index in [9.17, 15) is 0 Å². The van der Waals surface area contributed by atoms with Crippen LogP contribution in [0.25, 0.3) is 21.0 Å². The fourth-order valence-corrected chi connectivity index (χ4v) is 2.84. The Balaban J connectivity index is 2.32. The van der Waals surface area contributed by atoms with Crippen molar-refractivity contribution in [3.63, 3.8) is 0 Å². The van der Waals surface area contributed by atoms with Gasteiger partial charge in [-0.05, 0) is 18.4 Å². The van der Waals surface area contributed by atoms with Gasteiger partial charge in [0, 0.05) is 11.9 Å². The van der Waals surface area contributed by atoms with E-state index in [2.05, 4.69) is 53.6 Å². The van der Waals surface area contributed by atoms with Gasteiger partial charge in [-0.2, -0.15) is 0 Å². The van der Waals surface area contributed by atoms with Gasteiger partial charge >= 0.3 is 0 Å². The summed E-state index contributed by atoms with van der Waals surface area (Å²) in [6.45, 7) is 3.00. The highest BCUT2D eigenvalue weighted by Crippen LogP contribution is 2.31. The van der Waals surface area contributed by atoms with Gasteiger partial charge in [-0.1, -0.05) is 41.7 Å². The third-order valence-corrected chi connectivity index (χ3v) is 3.59. The second kappa shape index (κ2) is 3.76. The minimum atomic E-state index is 0.914. The first-order valence-electron chi connectivity index (χ1n) is 5.40. The summed E-state index contributed by atoms with van der Waals surface area (Å²) in [5.74, 6) is 0. The summed E-state index contributed by atoms with van der Waals surface area (Å²) in [4.78, 5) is 4.64. The van der Waals surface area contributed by atoms with E-state index in [1.165, 1.54) is 15.5 Å². The number of fused-ring (bicyclic) bond motifs is 3. The van der Waals surface area contributed by atoms with Crippen LogP contribution in [0.2, 0.25) is 0 Å². The van der Waals surface area contributed by atoms with Crippen LogP contribution in [-0.4, -0.2) is 11.5 Å². The highest BCUT2D eigenvalue weighted by Gasteiger charge is 2.05. The number of aromatic nitrogens is 1. The van der Waals surface area contributed by atoms with E-state index in [1.807, 2.05) is 0 Å². The van der Waals surface area contributed by atoms with Gasteiger partial charge in [0.15, 0.2) is 5.13 Å². The molecule has 1 aromatic heterocycles. The first-order chi connectivity index (χ1) is 7.88. The lowest BCUT2D eigenvalue weighted by atomic mass is 10.1. The van der Waals surface area contributed by atoms with Crippen LogP contribution in [0, 0.1) is 0 Å². The molecule has 80 valence electrons. The molecule has 3 rings (SSSR count). The van der Waals surface area contributed by atoms with E-state index >= 15 is 0 Å². The van der Waals surface area contributed by atoms with Crippen LogP contribution in [0.4, 0.5) is 5.13 Å². The summed E-state index contributed by atoms with van der Waals surface area (Å²) >= 11 is 1.71. The van der Waals surface area contributed by atoms with E-state index in [1.54, 1.807) is 11.3 Å². The first-order valence-corrected chi connectivity index (χ1v) is 6.22. The Morgan fingerprint density at radius 2 is 2.06 bits per heavy atom. The molecule has 0 spiro atoms. The molecule has 0 amide bonds. The molecule has 0 radical (unpaired) electrons. The van der Waals surface area contributed by atoms with Gasteiger partial charge in [0.05, 0.1) is 10.2 Å². The SMILES string of the molecule is CCNc1nc2c(ccc3ccccc32)s1. The fraction of sp³-hybridized carbons (Fsp3) is 0.154. The van der Waals surface area contributed by atoms with Crippen LogP contribution < -0.4 is 5.32 Å². The highest BCUT2D eigenvalue weighted by molar-refractivity contribution is 7.22. The van der Waals surface area contributed by atoms with Crippen molar-refractivity contribution in [1.82, 2.24) is 4.98 Å². The van der Waals surface area contributed by atoms with Crippen LogP contribution in [-0.2, 0) is 0 Å². The van der Waals surface area contributed by atoms with Crippen LogP contribution in [0.5, 0.6) is 0 Å². The summed E-state index contributed by atoms with van der Waals surface area (Å²) in [6, 6.07) is 12.7. The summed E-state index contributed by atoms with van der Waals surface area (Å²) in [7, 11) is 0. The predicted molar refractivity (Wildman–Crippen MR) is 71.3 cm³/mol. The average Bonchev–Trinajstić information content (AvgIpc) is 2.72. The molecule has 0 saturated carbocycles. The van der Waals surface area contributed by atoms with Crippen molar-refractivity contribution in [2.24, 2.45) is 0 Å². The maximum absolute atomic E-state index is 4.64. The van der Waals surface area contributed by atoms with Crippen molar-refractivity contribution in [1.29, 1.82) is 0 Å². The van der Waals surface area contributed by atoms with Crippen molar-refractivity contribution in [2.45, 2.75) is 6.92 Å². The van der Waals surface area contributed by atoms with Crippen LogP contribution in [0.3, 0.4) is 0 Å². The Kier molecular flexibility index (Phi) is 2.26. The second-order valence-electron chi connectivity index (χ2n) is 3.68. The third kappa shape index (κ3) is 1.44. The summed E-state index contributed by atoms with van der Waals surface area (Å²) in [6.07, 6.45) is 0. The van der Waals surface area contributed by atoms with Crippen LogP contribution in [0.1, 0.15) is 6.92 Å². The number of nitrogens with zero attached hydrogens (tertiary/aromatic N) is 1. The molecule has 0 saturated heterocycles. The molecule has 0 aliphatic carbocycles. The highest BCUT2D eigenvalue weighted by atomic mass is 32.1. The Hall–Kier alpha value is -1.61.